The smallest absolute Gasteiger partial charge is 0.266 e. The first-order valence-electron chi connectivity index (χ1n) is 10.1. The van der Waals surface area contributed by atoms with Crippen molar-refractivity contribution in [3.05, 3.63) is 28.8 Å². The first-order valence-corrected chi connectivity index (χ1v) is 10.9. The Morgan fingerprint density at radius 3 is 2.45 bits per heavy atom. The van der Waals surface area contributed by atoms with Crippen LogP contribution in [0.5, 0.6) is 11.5 Å². The summed E-state index contributed by atoms with van der Waals surface area (Å²) in [6, 6.07) is 6.07. The summed E-state index contributed by atoms with van der Waals surface area (Å²) in [5.41, 5.74) is 1.72. The highest BCUT2D eigenvalue weighted by Gasteiger charge is 2.30. The molecule has 7 heteroatoms. The summed E-state index contributed by atoms with van der Waals surface area (Å²) in [7, 11) is 7.33. The Morgan fingerprint density at radius 1 is 1.14 bits per heavy atom. The predicted octanol–water partition coefficient (Wildman–Crippen LogP) is 4.08. The van der Waals surface area contributed by atoms with E-state index in [4.69, 9.17) is 14.5 Å². The molecule has 1 aromatic carbocycles. The number of nitrogens with zero attached hydrogens (tertiary/aromatic N) is 3. The van der Waals surface area contributed by atoms with Gasteiger partial charge in [-0.2, -0.15) is 0 Å². The minimum Gasteiger partial charge on any atom is -0.493 e. The van der Waals surface area contributed by atoms with Crippen LogP contribution in [0.25, 0.3) is 10.6 Å². The summed E-state index contributed by atoms with van der Waals surface area (Å²) in [5, 5.41) is 0.825. The third-order valence-electron chi connectivity index (χ3n) is 5.44. The molecule has 1 fully saturated rings. The van der Waals surface area contributed by atoms with Gasteiger partial charge in [0, 0.05) is 24.7 Å². The topological polar surface area (TPSA) is 54.9 Å². The molecule has 1 aliphatic carbocycles. The van der Waals surface area contributed by atoms with E-state index in [1.165, 1.54) is 24.2 Å². The number of ether oxygens (including phenoxy) is 2. The Morgan fingerprint density at radius 2 is 1.83 bits per heavy atom. The minimum atomic E-state index is 0.112. The fourth-order valence-corrected chi connectivity index (χ4v) is 4.81. The standard InChI is InChI=1S/C22H31N3O3S/c1-15-20(22(26)25(13-12-24(2)3)17-8-6-7-9-17)29-21(23-15)16-10-11-18(27-4)19(14-16)28-5/h10-11,14,17H,6-9,12-13H2,1-5H3. The Labute approximate surface area is 177 Å². The number of carbonyl (C=O) groups is 1. The molecule has 0 bridgehead atoms. The molecule has 1 aromatic heterocycles. The summed E-state index contributed by atoms with van der Waals surface area (Å²) < 4.78 is 10.7. The van der Waals surface area contributed by atoms with Crippen LogP contribution >= 0.6 is 11.3 Å². The zero-order valence-corrected chi connectivity index (χ0v) is 18.8. The lowest BCUT2D eigenvalue weighted by Gasteiger charge is -2.30. The minimum absolute atomic E-state index is 0.112. The van der Waals surface area contributed by atoms with E-state index in [0.717, 1.165) is 47.1 Å². The number of benzene rings is 1. The van der Waals surface area contributed by atoms with Crippen molar-refractivity contribution in [1.29, 1.82) is 0 Å². The van der Waals surface area contributed by atoms with Crippen molar-refractivity contribution in [3.8, 4) is 22.1 Å². The molecule has 0 saturated heterocycles. The van der Waals surface area contributed by atoms with Gasteiger partial charge in [-0.25, -0.2) is 4.98 Å². The third kappa shape index (κ3) is 4.90. The predicted molar refractivity (Wildman–Crippen MR) is 117 cm³/mol. The van der Waals surface area contributed by atoms with Crippen LogP contribution in [0.3, 0.4) is 0 Å². The largest absolute Gasteiger partial charge is 0.493 e. The van der Waals surface area contributed by atoms with Gasteiger partial charge >= 0.3 is 0 Å². The van der Waals surface area contributed by atoms with Gasteiger partial charge < -0.3 is 19.3 Å². The Bertz CT molecular complexity index is 844. The summed E-state index contributed by atoms with van der Waals surface area (Å²) in [4.78, 5) is 23.1. The average Bonchev–Trinajstić information content (AvgIpc) is 3.37. The number of hydrogen-bond donors (Lipinski definition) is 0. The van der Waals surface area contributed by atoms with E-state index in [9.17, 15) is 4.79 Å². The molecule has 0 atom stereocenters. The number of carbonyl (C=O) groups excluding carboxylic acids is 1. The van der Waals surface area contributed by atoms with Crippen molar-refractivity contribution >= 4 is 17.2 Å². The molecular weight excluding hydrogens is 386 g/mol. The zero-order chi connectivity index (χ0) is 21.0. The number of methoxy groups -OCH3 is 2. The van der Waals surface area contributed by atoms with Crippen molar-refractivity contribution in [2.75, 3.05) is 41.4 Å². The van der Waals surface area contributed by atoms with Gasteiger partial charge in [-0.15, -0.1) is 11.3 Å². The molecule has 2 aromatic rings. The van der Waals surface area contributed by atoms with Gasteiger partial charge in [-0.1, -0.05) is 12.8 Å². The molecule has 1 saturated carbocycles. The average molecular weight is 418 g/mol. The summed E-state index contributed by atoms with van der Waals surface area (Å²) in [5.74, 6) is 1.45. The molecule has 0 N–H and O–H groups in total. The molecular formula is C22H31N3O3S. The van der Waals surface area contributed by atoms with Gasteiger partial charge in [0.2, 0.25) is 0 Å². The van der Waals surface area contributed by atoms with E-state index in [-0.39, 0.29) is 5.91 Å². The van der Waals surface area contributed by atoms with Crippen LogP contribution in [0.15, 0.2) is 18.2 Å². The first-order chi connectivity index (χ1) is 13.9. The van der Waals surface area contributed by atoms with Crippen LogP contribution in [-0.2, 0) is 0 Å². The first kappa shape index (κ1) is 21.6. The molecule has 0 radical (unpaired) electrons. The van der Waals surface area contributed by atoms with Crippen molar-refractivity contribution in [2.45, 2.75) is 38.6 Å². The number of rotatable bonds is 8. The maximum atomic E-state index is 13.5. The van der Waals surface area contributed by atoms with Crippen LogP contribution in [0, 0.1) is 6.92 Å². The number of amides is 1. The molecule has 3 rings (SSSR count). The summed E-state index contributed by atoms with van der Waals surface area (Å²) >= 11 is 1.46. The van der Waals surface area contributed by atoms with Crippen LogP contribution in [-0.4, -0.2) is 68.1 Å². The molecule has 29 heavy (non-hydrogen) atoms. The molecule has 158 valence electrons. The molecule has 1 amide bonds. The van der Waals surface area contributed by atoms with E-state index in [2.05, 4.69) is 9.80 Å². The van der Waals surface area contributed by atoms with Gasteiger partial charge in [-0.3, -0.25) is 4.79 Å². The molecule has 6 nitrogen and oxygen atoms in total. The van der Waals surface area contributed by atoms with Gasteiger partial charge in [0.1, 0.15) is 9.88 Å². The maximum Gasteiger partial charge on any atom is 0.266 e. The molecule has 1 heterocycles. The molecule has 0 unspecified atom stereocenters. The number of thiazole rings is 1. The highest BCUT2D eigenvalue weighted by atomic mass is 32.1. The molecule has 1 aliphatic rings. The second-order valence-corrected chi connectivity index (χ2v) is 8.74. The second kappa shape index (κ2) is 9.59. The molecule has 0 spiro atoms. The van der Waals surface area contributed by atoms with Crippen LogP contribution < -0.4 is 9.47 Å². The zero-order valence-electron chi connectivity index (χ0n) is 18.0. The molecule has 0 aliphatic heterocycles. The highest BCUT2D eigenvalue weighted by molar-refractivity contribution is 7.17. The summed E-state index contributed by atoms with van der Waals surface area (Å²) in [6.45, 7) is 3.54. The van der Waals surface area contributed by atoms with E-state index >= 15 is 0 Å². The fourth-order valence-electron chi connectivity index (χ4n) is 3.79. The lowest BCUT2D eigenvalue weighted by atomic mass is 10.2. The van der Waals surface area contributed by atoms with Crippen LogP contribution in [0.2, 0.25) is 0 Å². The van der Waals surface area contributed by atoms with Crippen LogP contribution in [0.1, 0.15) is 41.0 Å². The van der Waals surface area contributed by atoms with Crippen LogP contribution in [0.4, 0.5) is 0 Å². The number of likely N-dealkylation sites (N-methyl/N-ethyl adjacent to an activating group) is 1. The van der Waals surface area contributed by atoms with E-state index in [0.29, 0.717) is 17.5 Å². The maximum absolute atomic E-state index is 13.5. The van der Waals surface area contributed by atoms with Gasteiger partial charge in [0.25, 0.3) is 5.91 Å². The van der Waals surface area contributed by atoms with Gasteiger partial charge in [0.05, 0.1) is 19.9 Å². The summed E-state index contributed by atoms with van der Waals surface area (Å²) in [6.07, 6.45) is 4.60. The second-order valence-electron chi connectivity index (χ2n) is 7.74. The van der Waals surface area contributed by atoms with E-state index in [1.54, 1.807) is 14.2 Å². The normalized spacial score (nSPS) is 14.4. The lowest BCUT2D eigenvalue weighted by molar-refractivity contribution is 0.0671. The van der Waals surface area contributed by atoms with Gasteiger partial charge in [-0.05, 0) is 52.1 Å². The SMILES string of the molecule is COc1ccc(-c2nc(C)c(C(=O)N(CCN(C)C)C3CCCC3)s2)cc1OC. The van der Waals surface area contributed by atoms with Crippen molar-refractivity contribution in [2.24, 2.45) is 0 Å². The quantitative estimate of drug-likeness (QED) is 0.648. The highest BCUT2D eigenvalue weighted by Crippen LogP contribution is 2.36. The Hall–Kier alpha value is -2.12. The number of aromatic nitrogens is 1. The number of hydrogen-bond acceptors (Lipinski definition) is 6. The Kier molecular flexibility index (Phi) is 7.14. The van der Waals surface area contributed by atoms with Crippen molar-refractivity contribution in [3.63, 3.8) is 0 Å². The lowest BCUT2D eigenvalue weighted by Crippen LogP contribution is -2.42. The monoisotopic (exact) mass is 417 g/mol. The van der Waals surface area contributed by atoms with Crippen molar-refractivity contribution in [1.82, 2.24) is 14.8 Å². The van der Waals surface area contributed by atoms with E-state index < -0.39 is 0 Å². The fraction of sp³-hybridized carbons (Fsp3) is 0.545. The third-order valence-corrected chi connectivity index (χ3v) is 6.63. The number of aryl methyl sites for hydroxylation is 1. The van der Waals surface area contributed by atoms with Gasteiger partial charge in [0.15, 0.2) is 11.5 Å². The van der Waals surface area contributed by atoms with Crippen molar-refractivity contribution < 1.29 is 14.3 Å². The Balaban J connectivity index is 1.88. The van der Waals surface area contributed by atoms with E-state index in [1.807, 2.05) is 39.2 Å².